The van der Waals surface area contributed by atoms with Crippen LogP contribution in [-0.2, 0) is 9.59 Å². The van der Waals surface area contributed by atoms with Crippen molar-refractivity contribution in [1.82, 2.24) is 9.80 Å². The van der Waals surface area contributed by atoms with E-state index in [0.717, 1.165) is 41.2 Å². The maximum atomic E-state index is 13.1. The van der Waals surface area contributed by atoms with Gasteiger partial charge in [-0.3, -0.25) is 14.5 Å². The number of likely N-dealkylation sites (tertiary alicyclic amines) is 1. The number of amides is 2. The fraction of sp³-hybridized carbons (Fsp3) is 0.417. The number of rotatable bonds is 8. The summed E-state index contributed by atoms with van der Waals surface area (Å²) >= 11 is 0. The van der Waals surface area contributed by atoms with Crippen molar-refractivity contribution in [2.75, 3.05) is 46.2 Å². The van der Waals surface area contributed by atoms with Gasteiger partial charge in [0.05, 0.1) is 33.4 Å². The lowest BCUT2D eigenvalue weighted by atomic mass is 10.0. The van der Waals surface area contributed by atoms with Crippen LogP contribution in [0.2, 0.25) is 0 Å². The van der Waals surface area contributed by atoms with E-state index in [2.05, 4.69) is 5.32 Å². The van der Waals surface area contributed by atoms with Crippen molar-refractivity contribution in [1.29, 1.82) is 0 Å². The van der Waals surface area contributed by atoms with Gasteiger partial charge in [0.25, 0.3) is 0 Å². The normalized spacial score (nSPS) is 15.8. The van der Waals surface area contributed by atoms with Crippen molar-refractivity contribution < 1.29 is 19.1 Å². The second kappa shape index (κ2) is 10.3. The molecule has 1 N–H and O–H groups in total. The summed E-state index contributed by atoms with van der Waals surface area (Å²) < 4.78 is 10.9. The molecule has 0 bridgehead atoms. The van der Waals surface area contributed by atoms with Gasteiger partial charge in [-0.25, -0.2) is 0 Å². The first-order valence-corrected chi connectivity index (χ1v) is 10.5. The molecule has 31 heavy (non-hydrogen) atoms. The van der Waals surface area contributed by atoms with E-state index in [1.54, 1.807) is 26.2 Å². The van der Waals surface area contributed by atoms with Gasteiger partial charge in [0.15, 0.2) is 0 Å². The van der Waals surface area contributed by atoms with Gasteiger partial charge < -0.3 is 19.7 Å². The van der Waals surface area contributed by atoms with E-state index in [0.29, 0.717) is 6.54 Å². The lowest BCUT2D eigenvalue weighted by Crippen LogP contribution is -2.41. The van der Waals surface area contributed by atoms with Gasteiger partial charge in [-0.2, -0.15) is 0 Å². The predicted molar refractivity (Wildman–Crippen MR) is 121 cm³/mol. The van der Waals surface area contributed by atoms with Crippen LogP contribution in [0.15, 0.2) is 42.5 Å². The summed E-state index contributed by atoms with van der Waals surface area (Å²) in [6.07, 6.45) is 1.79. The van der Waals surface area contributed by atoms with Crippen LogP contribution < -0.4 is 14.8 Å². The molecule has 1 aliphatic rings. The number of nitrogens with zero attached hydrogens (tertiary/aromatic N) is 2. The van der Waals surface area contributed by atoms with Crippen LogP contribution in [0.25, 0.3) is 0 Å². The third kappa shape index (κ3) is 5.76. The Bertz CT molecular complexity index is 914. The fourth-order valence-electron chi connectivity index (χ4n) is 3.95. The number of likely N-dealkylation sites (N-methyl/N-ethyl adjacent to an activating group) is 1. The molecule has 1 saturated heterocycles. The van der Waals surface area contributed by atoms with Crippen LogP contribution in [0.4, 0.5) is 5.69 Å². The number of hydrogen-bond acceptors (Lipinski definition) is 5. The van der Waals surface area contributed by atoms with Crippen LogP contribution >= 0.6 is 0 Å². The molecule has 0 spiro atoms. The minimum Gasteiger partial charge on any atom is -0.497 e. The molecule has 166 valence electrons. The lowest BCUT2D eigenvalue weighted by molar-refractivity contribution is -0.133. The molecule has 0 aromatic heterocycles. The minimum absolute atomic E-state index is 0.00184. The number of carbonyl (C=O) groups is 2. The quantitative estimate of drug-likeness (QED) is 0.703. The zero-order chi connectivity index (χ0) is 22.4. The maximum Gasteiger partial charge on any atom is 0.238 e. The lowest BCUT2D eigenvalue weighted by Gasteiger charge is -2.28. The third-order valence-corrected chi connectivity index (χ3v) is 5.52. The molecule has 0 saturated carbocycles. The van der Waals surface area contributed by atoms with E-state index < -0.39 is 0 Å². The summed E-state index contributed by atoms with van der Waals surface area (Å²) in [5.41, 5.74) is 2.83. The Kier molecular flexibility index (Phi) is 7.52. The number of nitrogens with one attached hydrogen (secondary N) is 1. The van der Waals surface area contributed by atoms with E-state index in [1.807, 2.05) is 54.3 Å². The topological polar surface area (TPSA) is 71.1 Å². The molecule has 1 atom stereocenters. The van der Waals surface area contributed by atoms with E-state index in [-0.39, 0.29) is 30.9 Å². The summed E-state index contributed by atoms with van der Waals surface area (Å²) in [5, 5.41) is 2.87. The molecular formula is C24H31N3O4. The second-order valence-electron chi connectivity index (χ2n) is 7.94. The predicted octanol–water partition coefficient (Wildman–Crippen LogP) is 3.25. The van der Waals surface area contributed by atoms with E-state index in [9.17, 15) is 9.59 Å². The first-order chi connectivity index (χ1) is 14.9. The third-order valence-electron chi connectivity index (χ3n) is 5.52. The molecule has 0 radical (unpaired) electrons. The van der Waals surface area contributed by atoms with Crippen molar-refractivity contribution in [2.24, 2.45) is 0 Å². The highest BCUT2D eigenvalue weighted by Gasteiger charge is 2.32. The van der Waals surface area contributed by atoms with Gasteiger partial charge in [-0.1, -0.05) is 17.7 Å². The SMILES string of the molecule is COc1ccc(OC)c([C@H]2CCCN2C(=O)CN(C)CC(=O)Nc2ccc(C)cc2)c1. The molecule has 1 aliphatic heterocycles. The summed E-state index contributed by atoms with van der Waals surface area (Å²) in [7, 11) is 5.04. The number of benzene rings is 2. The molecule has 0 unspecified atom stereocenters. The van der Waals surface area contributed by atoms with Gasteiger partial charge in [-0.05, 0) is 57.1 Å². The zero-order valence-electron chi connectivity index (χ0n) is 18.7. The van der Waals surface area contributed by atoms with Crippen molar-refractivity contribution in [3.63, 3.8) is 0 Å². The molecule has 7 heteroatoms. The Morgan fingerprint density at radius 3 is 2.52 bits per heavy atom. The monoisotopic (exact) mass is 425 g/mol. The van der Waals surface area contributed by atoms with Crippen LogP contribution in [0.3, 0.4) is 0 Å². The smallest absolute Gasteiger partial charge is 0.238 e. The van der Waals surface area contributed by atoms with Gasteiger partial charge in [0, 0.05) is 17.8 Å². The first kappa shape index (κ1) is 22.6. The van der Waals surface area contributed by atoms with Crippen molar-refractivity contribution in [3.05, 3.63) is 53.6 Å². The summed E-state index contributed by atoms with van der Waals surface area (Å²) in [5.74, 6) is 1.33. The second-order valence-corrected chi connectivity index (χ2v) is 7.94. The summed E-state index contributed by atoms with van der Waals surface area (Å²) in [4.78, 5) is 29.0. The minimum atomic E-state index is -0.147. The van der Waals surface area contributed by atoms with Gasteiger partial charge in [0.1, 0.15) is 11.5 Å². The molecule has 1 fully saturated rings. The van der Waals surface area contributed by atoms with E-state index in [4.69, 9.17) is 9.47 Å². The first-order valence-electron chi connectivity index (χ1n) is 10.5. The van der Waals surface area contributed by atoms with Crippen molar-refractivity contribution >= 4 is 17.5 Å². The fourth-order valence-corrected chi connectivity index (χ4v) is 3.95. The Labute approximate surface area is 183 Å². The zero-order valence-corrected chi connectivity index (χ0v) is 18.7. The number of methoxy groups -OCH3 is 2. The Morgan fingerprint density at radius 1 is 1.10 bits per heavy atom. The number of anilines is 1. The van der Waals surface area contributed by atoms with Crippen LogP contribution in [0.1, 0.15) is 30.0 Å². The molecule has 0 aliphatic carbocycles. The molecule has 2 aromatic carbocycles. The van der Waals surface area contributed by atoms with E-state index in [1.165, 1.54) is 0 Å². The highest BCUT2D eigenvalue weighted by atomic mass is 16.5. The standard InChI is InChI=1S/C24H31N3O4/c1-17-7-9-18(10-8-17)25-23(28)15-26(2)16-24(29)27-13-5-6-21(27)20-14-19(30-3)11-12-22(20)31-4/h7-12,14,21H,5-6,13,15-16H2,1-4H3,(H,25,28)/t21-/m1/s1. The summed E-state index contributed by atoms with van der Waals surface area (Å²) in [6.45, 7) is 3.00. The average molecular weight is 426 g/mol. The molecule has 7 nitrogen and oxygen atoms in total. The Balaban J connectivity index is 1.61. The van der Waals surface area contributed by atoms with Gasteiger partial charge >= 0.3 is 0 Å². The molecular weight excluding hydrogens is 394 g/mol. The number of aryl methyl sites for hydroxylation is 1. The van der Waals surface area contributed by atoms with Gasteiger partial charge in [0.2, 0.25) is 11.8 Å². The molecule has 1 heterocycles. The summed E-state index contributed by atoms with van der Waals surface area (Å²) in [6, 6.07) is 13.2. The molecule has 3 rings (SSSR count). The Morgan fingerprint density at radius 2 is 1.84 bits per heavy atom. The number of ether oxygens (including phenoxy) is 2. The number of carbonyl (C=O) groups excluding carboxylic acids is 2. The van der Waals surface area contributed by atoms with Crippen molar-refractivity contribution in [3.8, 4) is 11.5 Å². The molecule has 2 aromatic rings. The highest BCUT2D eigenvalue weighted by molar-refractivity contribution is 5.92. The average Bonchev–Trinajstić information content (AvgIpc) is 3.24. The number of hydrogen-bond donors (Lipinski definition) is 1. The maximum absolute atomic E-state index is 13.1. The van der Waals surface area contributed by atoms with Crippen LogP contribution in [0.5, 0.6) is 11.5 Å². The van der Waals surface area contributed by atoms with Gasteiger partial charge in [-0.15, -0.1) is 0 Å². The Hall–Kier alpha value is -3.06. The highest BCUT2D eigenvalue weighted by Crippen LogP contribution is 2.38. The van der Waals surface area contributed by atoms with Crippen LogP contribution in [-0.4, -0.2) is 62.5 Å². The van der Waals surface area contributed by atoms with E-state index >= 15 is 0 Å². The largest absolute Gasteiger partial charge is 0.497 e. The molecule has 2 amide bonds. The van der Waals surface area contributed by atoms with Crippen LogP contribution in [0, 0.1) is 6.92 Å². The van der Waals surface area contributed by atoms with Crippen molar-refractivity contribution in [2.45, 2.75) is 25.8 Å².